The van der Waals surface area contributed by atoms with Crippen molar-refractivity contribution in [2.24, 2.45) is 5.14 Å². The summed E-state index contributed by atoms with van der Waals surface area (Å²) in [5.41, 5.74) is -2.27. The van der Waals surface area contributed by atoms with Gasteiger partial charge >= 0.3 is 6.18 Å². The fourth-order valence-corrected chi connectivity index (χ4v) is 3.74. The Kier molecular flexibility index (Phi) is 4.98. The molecule has 2 rings (SSSR count). The lowest BCUT2D eigenvalue weighted by molar-refractivity contribution is -0.384. The molecule has 1 heterocycles. The molecular weight excluding hydrogens is 375 g/mol. The van der Waals surface area contributed by atoms with Gasteiger partial charge in [-0.2, -0.15) is 13.2 Å². The summed E-state index contributed by atoms with van der Waals surface area (Å²) in [4.78, 5) is 11.5. The SMILES string of the molecule is NS(=O)(=O)C1CCCN(c2cc(Cl)c(C(F)(F)F)cc2[N+](=O)[O-])C1. The third kappa shape index (κ3) is 3.90. The summed E-state index contributed by atoms with van der Waals surface area (Å²) in [6.07, 6.45) is -4.19. The van der Waals surface area contributed by atoms with Gasteiger partial charge in [0.15, 0.2) is 0 Å². The van der Waals surface area contributed by atoms with Crippen LogP contribution in [0.3, 0.4) is 0 Å². The summed E-state index contributed by atoms with van der Waals surface area (Å²) in [5.74, 6) is 0. The summed E-state index contributed by atoms with van der Waals surface area (Å²) in [7, 11) is -3.87. The number of piperidine rings is 1. The van der Waals surface area contributed by atoms with Crippen LogP contribution >= 0.6 is 11.6 Å². The van der Waals surface area contributed by atoms with Crippen molar-refractivity contribution in [1.82, 2.24) is 0 Å². The van der Waals surface area contributed by atoms with Gasteiger partial charge in [-0.1, -0.05) is 11.6 Å². The maximum atomic E-state index is 12.9. The fourth-order valence-electron chi connectivity index (χ4n) is 2.59. The highest BCUT2D eigenvalue weighted by atomic mass is 35.5. The molecule has 7 nitrogen and oxygen atoms in total. The van der Waals surface area contributed by atoms with E-state index in [1.165, 1.54) is 4.90 Å². The molecule has 134 valence electrons. The fraction of sp³-hybridized carbons (Fsp3) is 0.500. The van der Waals surface area contributed by atoms with E-state index in [0.29, 0.717) is 12.5 Å². The van der Waals surface area contributed by atoms with Crippen LogP contribution in [0, 0.1) is 10.1 Å². The molecule has 0 radical (unpaired) electrons. The number of rotatable bonds is 3. The first-order valence-electron chi connectivity index (χ1n) is 6.73. The standard InChI is InChI=1S/C12H13ClF3N3O4S/c13-9-5-10(11(19(20)21)4-8(9)12(14,15)16)18-3-1-2-7(6-18)24(17,22)23/h4-5,7H,1-3,6H2,(H2,17,22,23). The van der Waals surface area contributed by atoms with E-state index in [2.05, 4.69) is 0 Å². The molecule has 0 aliphatic carbocycles. The molecule has 0 saturated carbocycles. The van der Waals surface area contributed by atoms with Gasteiger partial charge in [0.2, 0.25) is 10.0 Å². The van der Waals surface area contributed by atoms with Crippen LogP contribution in [0.1, 0.15) is 18.4 Å². The number of nitrogens with zero attached hydrogens (tertiary/aromatic N) is 2. The Hall–Kier alpha value is -1.59. The Bertz CT molecular complexity index is 770. The number of halogens is 4. The second kappa shape index (κ2) is 6.37. The van der Waals surface area contributed by atoms with Gasteiger partial charge in [0.25, 0.3) is 5.69 Å². The van der Waals surface area contributed by atoms with E-state index in [1.807, 2.05) is 0 Å². The van der Waals surface area contributed by atoms with Gasteiger partial charge < -0.3 is 4.90 Å². The Morgan fingerprint density at radius 2 is 2.00 bits per heavy atom. The van der Waals surface area contributed by atoms with Crippen LogP contribution in [-0.4, -0.2) is 31.7 Å². The lowest BCUT2D eigenvalue weighted by Crippen LogP contribution is -2.44. The molecule has 1 aliphatic rings. The molecule has 1 unspecified atom stereocenters. The van der Waals surface area contributed by atoms with Crippen LogP contribution in [0.2, 0.25) is 5.02 Å². The maximum absolute atomic E-state index is 12.9. The van der Waals surface area contributed by atoms with E-state index in [-0.39, 0.29) is 25.2 Å². The third-order valence-electron chi connectivity index (χ3n) is 3.75. The van der Waals surface area contributed by atoms with Crippen molar-refractivity contribution in [2.75, 3.05) is 18.0 Å². The number of sulfonamides is 1. The molecule has 1 atom stereocenters. The molecule has 0 amide bonds. The van der Waals surface area contributed by atoms with Gasteiger partial charge in [0, 0.05) is 19.2 Å². The van der Waals surface area contributed by atoms with E-state index in [9.17, 15) is 31.7 Å². The molecule has 2 N–H and O–H groups in total. The first-order valence-corrected chi connectivity index (χ1v) is 8.71. The van der Waals surface area contributed by atoms with Gasteiger partial charge in [-0.25, -0.2) is 13.6 Å². The number of primary sulfonamides is 1. The predicted octanol–water partition coefficient (Wildman–Crippen LogP) is 2.52. The molecule has 0 bridgehead atoms. The number of benzene rings is 1. The van der Waals surface area contributed by atoms with Gasteiger partial charge in [-0.3, -0.25) is 10.1 Å². The Morgan fingerprint density at radius 3 is 2.50 bits per heavy atom. The minimum atomic E-state index is -4.84. The van der Waals surface area contributed by atoms with Crippen molar-refractivity contribution in [1.29, 1.82) is 0 Å². The summed E-state index contributed by atoms with van der Waals surface area (Å²) in [6.45, 7) is 0.0932. The first kappa shape index (κ1) is 18.7. The van der Waals surface area contributed by atoms with Crippen molar-refractivity contribution < 1.29 is 26.5 Å². The summed E-state index contributed by atoms with van der Waals surface area (Å²) in [5, 5.41) is 14.6. The zero-order chi connectivity index (χ0) is 18.3. The molecule has 12 heteroatoms. The average molecular weight is 388 g/mol. The van der Waals surface area contributed by atoms with Crippen LogP contribution in [0.25, 0.3) is 0 Å². The number of alkyl halides is 3. The lowest BCUT2D eigenvalue weighted by Gasteiger charge is -2.33. The molecular formula is C12H13ClF3N3O4S. The van der Waals surface area contributed by atoms with Gasteiger partial charge in [0.05, 0.1) is 20.8 Å². The van der Waals surface area contributed by atoms with E-state index in [0.717, 1.165) is 6.07 Å². The zero-order valence-corrected chi connectivity index (χ0v) is 13.7. The van der Waals surface area contributed by atoms with Gasteiger partial charge in [0.1, 0.15) is 5.69 Å². The number of nitro groups is 1. The number of hydrogen-bond acceptors (Lipinski definition) is 5. The lowest BCUT2D eigenvalue weighted by atomic mass is 10.1. The molecule has 1 aromatic carbocycles. The maximum Gasteiger partial charge on any atom is 0.418 e. The van der Waals surface area contributed by atoms with Crippen LogP contribution in [-0.2, 0) is 16.2 Å². The quantitative estimate of drug-likeness (QED) is 0.633. The number of nitrogens with two attached hydrogens (primary N) is 1. The smallest absolute Gasteiger partial charge is 0.365 e. The highest BCUT2D eigenvalue weighted by molar-refractivity contribution is 7.89. The van der Waals surface area contributed by atoms with Gasteiger partial charge in [-0.15, -0.1) is 0 Å². The van der Waals surface area contributed by atoms with E-state index in [1.54, 1.807) is 0 Å². The van der Waals surface area contributed by atoms with E-state index >= 15 is 0 Å². The van der Waals surface area contributed by atoms with Gasteiger partial charge in [-0.05, 0) is 18.9 Å². The second-order valence-corrected chi connectivity index (χ2v) is 7.63. The monoisotopic (exact) mass is 387 g/mol. The van der Waals surface area contributed by atoms with Crippen molar-refractivity contribution in [3.63, 3.8) is 0 Å². The topological polar surface area (TPSA) is 107 Å². The van der Waals surface area contributed by atoms with Crippen LogP contribution in [0.4, 0.5) is 24.5 Å². The normalized spacial score (nSPS) is 19.4. The Balaban J connectivity index is 2.50. The largest absolute Gasteiger partial charge is 0.418 e. The second-order valence-electron chi connectivity index (χ2n) is 5.37. The van der Waals surface area contributed by atoms with Crippen molar-refractivity contribution in [3.8, 4) is 0 Å². The number of anilines is 1. The average Bonchev–Trinajstić information content (AvgIpc) is 2.44. The molecule has 0 spiro atoms. The number of hydrogen-bond donors (Lipinski definition) is 1. The summed E-state index contributed by atoms with van der Waals surface area (Å²) in [6, 6.07) is 1.20. The minimum Gasteiger partial charge on any atom is -0.365 e. The van der Waals surface area contributed by atoms with Crippen LogP contribution < -0.4 is 10.0 Å². The molecule has 1 aliphatic heterocycles. The molecule has 0 aromatic heterocycles. The molecule has 1 saturated heterocycles. The summed E-state index contributed by atoms with van der Waals surface area (Å²) >= 11 is 5.62. The third-order valence-corrected chi connectivity index (χ3v) is 5.38. The molecule has 24 heavy (non-hydrogen) atoms. The van der Waals surface area contributed by atoms with E-state index in [4.69, 9.17) is 16.7 Å². The first-order chi connectivity index (χ1) is 10.9. The highest BCUT2D eigenvalue weighted by Crippen LogP contribution is 2.42. The van der Waals surface area contributed by atoms with Crippen molar-refractivity contribution in [3.05, 3.63) is 32.8 Å². The van der Waals surface area contributed by atoms with E-state index < -0.39 is 42.6 Å². The van der Waals surface area contributed by atoms with Crippen molar-refractivity contribution in [2.45, 2.75) is 24.3 Å². The van der Waals surface area contributed by atoms with Crippen LogP contribution in [0.15, 0.2) is 12.1 Å². The minimum absolute atomic E-state index is 0.151. The van der Waals surface area contributed by atoms with Crippen molar-refractivity contribution >= 4 is 33.0 Å². The highest BCUT2D eigenvalue weighted by Gasteiger charge is 2.38. The predicted molar refractivity (Wildman–Crippen MR) is 81.5 cm³/mol. The number of nitro benzene ring substituents is 1. The zero-order valence-electron chi connectivity index (χ0n) is 12.1. The molecule has 1 fully saturated rings. The molecule has 1 aromatic rings. The van der Waals surface area contributed by atoms with Crippen LogP contribution in [0.5, 0.6) is 0 Å². The Labute approximate surface area is 140 Å². The Morgan fingerprint density at radius 1 is 1.38 bits per heavy atom. The summed E-state index contributed by atoms with van der Waals surface area (Å²) < 4.78 is 61.6.